The number of aromatic nitrogens is 2. The molecule has 3 rings (SSSR count). The van der Waals surface area contributed by atoms with Crippen LogP contribution >= 0.6 is 0 Å². The number of nitrogens with zero attached hydrogens (tertiary/aromatic N) is 2. The van der Waals surface area contributed by atoms with E-state index < -0.39 is 9.84 Å². The van der Waals surface area contributed by atoms with Crippen LogP contribution < -0.4 is 5.73 Å². The van der Waals surface area contributed by atoms with Gasteiger partial charge in [-0.15, -0.1) is 0 Å². The number of aryl methyl sites for hydroxylation is 2. The topological polar surface area (TPSA) is 78.0 Å². The molecule has 1 aromatic carbocycles. The minimum atomic E-state index is -2.95. The second-order valence-electron chi connectivity index (χ2n) is 5.77. The van der Waals surface area contributed by atoms with E-state index in [1.165, 1.54) is 0 Å². The summed E-state index contributed by atoms with van der Waals surface area (Å²) in [6.45, 7) is 4.07. The smallest absolute Gasteiger partial charge is 0.152 e. The van der Waals surface area contributed by atoms with Gasteiger partial charge in [0.2, 0.25) is 0 Å². The first-order valence-corrected chi connectivity index (χ1v) is 8.81. The summed E-state index contributed by atoms with van der Waals surface area (Å²) in [6, 6.07) is 7.87. The van der Waals surface area contributed by atoms with E-state index in [4.69, 9.17) is 5.73 Å². The van der Waals surface area contributed by atoms with Gasteiger partial charge in [-0.05, 0) is 31.9 Å². The van der Waals surface area contributed by atoms with Gasteiger partial charge in [0, 0.05) is 11.6 Å². The van der Waals surface area contributed by atoms with Crippen LogP contribution in [0, 0.1) is 13.8 Å². The van der Waals surface area contributed by atoms with Crippen molar-refractivity contribution in [2.24, 2.45) is 0 Å². The van der Waals surface area contributed by atoms with Gasteiger partial charge in [0.15, 0.2) is 9.84 Å². The maximum Gasteiger partial charge on any atom is 0.152 e. The summed E-state index contributed by atoms with van der Waals surface area (Å²) in [5.41, 5.74) is 10.2. The summed E-state index contributed by atoms with van der Waals surface area (Å²) in [7, 11) is -2.95. The molecule has 6 heteroatoms. The second kappa shape index (κ2) is 4.87. The largest absolute Gasteiger partial charge is 0.384 e. The van der Waals surface area contributed by atoms with Crippen LogP contribution in [0.15, 0.2) is 24.3 Å². The normalized spacial score (nSPS) is 20.8. The summed E-state index contributed by atoms with van der Waals surface area (Å²) >= 11 is 0. The van der Waals surface area contributed by atoms with E-state index in [2.05, 4.69) is 23.3 Å². The van der Waals surface area contributed by atoms with Gasteiger partial charge in [-0.25, -0.2) is 13.1 Å². The average Bonchev–Trinajstić information content (AvgIpc) is 2.95. The highest BCUT2D eigenvalue weighted by Gasteiger charge is 2.31. The number of nitrogen functional groups attached to an aromatic ring is 1. The van der Waals surface area contributed by atoms with Crippen LogP contribution in [0.3, 0.4) is 0 Å². The molecule has 0 amide bonds. The van der Waals surface area contributed by atoms with E-state index in [-0.39, 0.29) is 17.5 Å². The lowest BCUT2D eigenvalue weighted by Gasteiger charge is -2.10. The number of hydrogen-bond donors (Lipinski definition) is 1. The molecule has 1 unspecified atom stereocenters. The van der Waals surface area contributed by atoms with Crippen molar-refractivity contribution in [3.63, 3.8) is 0 Å². The average molecular weight is 305 g/mol. The van der Waals surface area contributed by atoms with Crippen LogP contribution in [0.4, 0.5) is 5.82 Å². The fourth-order valence-electron chi connectivity index (χ4n) is 2.81. The monoisotopic (exact) mass is 305 g/mol. The molecule has 0 bridgehead atoms. The van der Waals surface area contributed by atoms with Crippen molar-refractivity contribution in [1.82, 2.24) is 9.78 Å². The molecule has 1 aromatic heterocycles. The van der Waals surface area contributed by atoms with Crippen molar-refractivity contribution in [2.45, 2.75) is 26.3 Å². The predicted molar refractivity (Wildman–Crippen MR) is 83.9 cm³/mol. The number of benzene rings is 1. The first kappa shape index (κ1) is 14.1. The molecular formula is C15H19N3O2S. The van der Waals surface area contributed by atoms with Crippen LogP contribution in [0.1, 0.15) is 23.6 Å². The van der Waals surface area contributed by atoms with Gasteiger partial charge in [-0.1, -0.05) is 17.7 Å². The summed E-state index contributed by atoms with van der Waals surface area (Å²) in [6.07, 6.45) is 0.584. The van der Waals surface area contributed by atoms with Crippen molar-refractivity contribution >= 4 is 15.7 Å². The van der Waals surface area contributed by atoms with Crippen LogP contribution in [0.5, 0.6) is 0 Å². The van der Waals surface area contributed by atoms with Crippen molar-refractivity contribution < 1.29 is 8.42 Å². The molecule has 0 spiro atoms. The highest BCUT2D eigenvalue weighted by Crippen LogP contribution is 2.30. The Morgan fingerprint density at radius 1 is 1.29 bits per heavy atom. The van der Waals surface area contributed by atoms with Gasteiger partial charge in [-0.3, -0.25) is 0 Å². The van der Waals surface area contributed by atoms with Crippen LogP contribution in [0.2, 0.25) is 0 Å². The first-order chi connectivity index (χ1) is 9.85. The number of sulfone groups is 1. The van der Waals surface area contributed by atoms with Crippen molar-refractivity contribution in [2.75, 3.05) is 17.2 Å². The molecule has 0 aliphatic carbocycles. The minimum absolute atomic E-state index is 0.130. The standard InChI is InChI=1S/C15H19N3O2S/c1-10-3-4-11(2)13(7-10)14-8-15(16)18(17-14)12-5-6-21(19,20)9-12/h3-4,7-8,12H,5-6,9,16H2,1-2H3. The lowest BCUT2D eigenvalue weighted by Crippen LogP contribution is -2.14. The van der Waals surface area contributed by atoms with E-state index in [9.17, 15) is 8.42 Å². The van der Waals surface area contributed by atoms with Crippen molar-refractivity contribution in [3.8, 4) is 11.3 Å². The maximum atomic E-state index is 11.6. The zero-order valence-electron chi connectivity index (χ0n) is 12.2. The molecule has 1 aliphatic heterocycles. The number of nitrogens with two attached hydrogens (primary N) is 1. The summed E-state index contributed by atoms with van der Waals surface area (Å²) < 4.78 is 24.9. The molecule has 5 nitrogen and oxygen atoms in total. The zero-order chi connectivity index (χ0) is 15.2. The van der Waals surface area contributed by atoms with E-state index in [1.54, 1.807) is 4.68 Å². The summed E-state index contributed by atoms with van der Waals surface area (Å²) in [5, 5.41) is 4.56. The number of hydrogen-bond acceptors (Lipinski definition) is 4. The van der Waals surface area contributed by atoms with E-state index in [0.29, 0.717) is 12.2 Å². The molecule has 2 heterocycles. The molecule has 21 heavy (non-hydrogen) atoms. The highest BCUT2D eigenvalue weighted by molar-refractivity contribution is 7.91. The molecule has 2 N–H and O–H groups in total. The number of rotatable bonds is 2. The van der Waals surface area contributed by atoms with Crippen molar-refractivity contribution in [3.05, 3.63) is 35.4 Å². The molecule has 2 aromatic rings. The van der Waals surface area contributed by atoms with Gasteiger partial charge in [0.1, 0.15) is 5.82 Å². The molecular weight excluding hydrogens is 286 g/mol. The molecule has 0 saturated carbocycles. The maximum absolute atomic E-state index is 11.6. The van der Waals surface area contributed by atoms with E-state index in [0.717, 1.165) is 22.4 Å². The Balaban J connectivity index is 2.00. The summed E-state index contributed by atoms with van der Waals surface area (Å²) in [5.74, 6) is 0.869. The Morgan fingerprint density at radius 2 is 2.05 bits per heavy atom. The molecule has 112 valence electrons. The van der Waals surface area contributed by atoms with Crippen LogP contribution in [-0.4, -0.2) is 29.7 Å². The quantitative estimate of drug-likeness (QED) is 0.921. The Morgan fingerprint density at radius 3 is 2.71 bits per heavy atom. The third-order valence-corrected chi connectivity index (χ3v) is 5.74. The summed E-state index contributed by atoms with van der Waals surface area (Å²) in [4.78, 5) is 0. The van der Waals surface area contributed by atoms with Gasteiger partial charge in [0.05, 0.1) is 23.2 Å². The fourth-order valence-corrected chi connectivity index (χ4v) is 4.51. The third kappa shape index (κ3) is 2.68. The van der Waals surface area contributed by atoms with Crippen molar-refractivity contribution in [1.29, 1.82) is 0 Å². The van der Waals surface area contributed by atoms with Gasteiger partial charge >= 0.3 is 0 Å². The van der Waals surface area contributed by atoms with Crippen LogP contribution in [-0.2, 0) is 9.84 Å². The number of anilines is 1. The first-order valence-electron chi connectivity index (χ1n) is 6.99. The Hall–Kier alpha value is -1.82. The second-order valence-corrected chi connectivity index (χ2v) is 8.00. The fraction of sp³-hybridized carbons (Fsp3) is 0.400. The minimum Gasteiger partial charge on any atom is -0.384 e. The molecule has 1 fully saturated rings. The van der Waals surface area contributed by atoms with Gasteiger partial charge in [-0.2, -0.15) is 5.10 Å². The zero-order valence-corrected chi connectivity index (χ0v) is 13.0. The SMILES string of the molecule is Cc1ccc(C)c(-c2cc(N)n(C3CCS(=O)(=O)C3)n2)c1. The Kier molecular flexibility index (Phi) is 3.28. The predicted octanol–water partition coefficient (Wildman–Crippen LogP) is 2.11. The molecule has 1 saturated heterocycles. The lowest BCUT2D eigenvalue weighted by molar-refractivity contribution is 0.508. The highest BCUT2D eigenvalue weighted by atomic mass is 32.2. The Labute approximate surface area is 124 Å². The van der Waals surface area contributed by atoms with Crippen LogP contribution in [0.25, 0.3) is 11.3 Å². The van der Waals surface area contributed by atoms with E-state index in [1.807, 2.05) is 19.9 Å². The molecule has 1 aliphatic rings. The molecule has 0 radical (unpaired) electrons. The van der Waals surface area contributed by atoms with E-state index >= 15 is 0 Å². The Bertz CT molecular complexity index is 793. The molecule has 1 atom stereocenters. The lowest BCUT2D eigenvalue weighted by atomic mass is 10.0. The van der Waals surface area contributed by atoms with Gasteiger partial charge < -0.3 is 5.73 Å². The van der Waals surface area contributed by atoms with Gasteiger partial charge in [0.25, 0.3) is 0 Å². The third-order valence-electron chi connectivity index (χ3n) is 3.99.